The van der Waals surface area contributed by atoms with Gasteiger partial charge in [-0.1, -0.05) is 29.8 Å². The molecule has 0 radical (unpaired) electrons. The number of carbonyl (C=O) groups is 1. The van der Waals surface area contributed by atoms with E-state index in [2.05, 4.69) is 39.9 Å². The van der Waals surface area contributed by atoms with Gasteiger partial charge in [0.2, 0.25) is 10.0 Å². The van der Waals surface area contributed by atoms with Crippen molar-refractivity contribution in [2.45, 2.75) is 37.1 Å². The summed E-state index contributed by atoms with van der Waals surface area (Å²) in [5.41, 5.74) is 3.31. The summed E-state index contributed by atoms with van der Waals surface area (Å²) in [6, 6.07) is 15.2. The third-order valence-electron chi connectivity index (χ3n) is 7.80. The zero-order valence-corrected chi connectivity index (χ0v) is 24.4. The molecule has 6 rings (SSSR count). The van der Waals surface area contributed by atoms with Crippen LogP contribution in [0, 0.1) is 12.8 Å². The molecule has 1 saturated heterocycles. The van der Waals surface area contributed by atoms with Crippen molar-refractivity contribution in [2.24, 2.45) is 11.0 Å². The Bertz CT molecular complexity index is 1470. The van der Waals surface area contributed by atoms with Crippen LogP contribution in [0.1, 0.15) is 40.6 Å². The van der Waals surface area contributed by atoms with Gasteiger partial charge in [0.1, 0.15) is 0 Å². The van der Waals surface area contributed by atoms with E-state index >= 15 is 0 Å². The normalized spacial score (nSPS) is 23.7. The van der Waals surface area contributed by atoms with Crippen molar-refractivity contribution in [1.29, 1.82) is 0 Å². The predicted octanol–water partition coefficient (Wildman–Crippen LogP) is 5.25. The molecule has 2 aliphatic heterocycles. The zero-order valence-electron chi connectivity index (χ0n) is 21.9. The Morgan fingerprint density at radius 3 is 2.46 bits per heavy atom. The highest BCUT2D eigenvalue weighted by atomic mass is 32.2. The van der Waals surface area contributed by atoms with Crippen molar-refractivity contribution in [3.63, 3.8) is 0 Å². The maximum atomic E-state index is 13.8. The molecule has 0 spiro atoms. The minimum Gasteiger partial charge on any atom is -0.292 e. The number of amides is 1. The lowest BCUT2D eigenvalue weighted by atomic mass is 9.79. The summed E-state index contributed by atoms with van der Waals surface area (Å²) in [6.07, 6.45) is 5.32. The van der Waals surface area contributed by atoms with Crippen LogP contribution < -0.4 is 0 Å². The molecule has 3 aromatic rings. The first kappa shape index (κ1) is 26.6. The number of thiophene rings is 2. The highest BCUT2D eigenvalue weighted by Gasteiger charge is 2.44. The van der Waals surface area contributed by atoms with Crippen LogP contribution in [0.5, 0.6) is 0 Å². The molecule has 1 amide bonds. The first-order valence-corrected chi connectivity index (χ1v) is 16.6. The number of nitrogens with zero attached hydrogens (tertiary/aromatic N) is 4. The van der Waals surface area contributed by atoms with Gasteiger partial charge in [-0.25, -0.2) is 13.4 Å². The van der Waals surface area contributed by atoms with E-state index in [-0.39, 0.29) is 24.4 Å². The van der Waals surface area contributed by atoms with Crippen LogP contribution in [-0.4, -0.2) is 67.0 Å². The summed E-state index contributed by atoms with van der Waals surface area (Å²) in [5, 5.41) is 10.9. The highest BCUT2D eigenvalue weighted by molar-refractivity contribution is 7.89. The Balaban J connectivity index is 1.17. The number of aryl methyl sites for hydroxylation is 1. The van der Waals surface area contributed by atoms with Crippen molar-refractivity contribution in [2.75, 3.05) is 32.7 Å². The van der Waals surface area contributed by atoms with E-state index in [1.807, 2.05) is 25.1 Å². The summed E-state index contributed by atoms with van der Waals surface area (Å²) >= 11 is 3.40. The summed E-state index contributed by atoms with van der Waals surface area (Å²) in [5.74, 6) is 0.171. The Morgan fingerprint density at radius 2 is 1.77 bits per heavy atom. The average molecular weight is 581 g/mol. The van der Waals surface area contributed by atoms with Gasteiger partial charge in [-0.05, 0) is 72.9 Å². The van der Waals surface area contributed by atoms with Crippen molar-refractivity contribution in [3.05, 3.63) is 80.2 Å². The van der Waals surface area contributed by atoms with Crippen molar-refractivity contribution in [3.8, 4) is 0 Å². The molecule has 1 aromatic carbocycles. The van der Waals surface area contributed by atoms with E-state index in [0.717, 1.165) is 30.5 Å². The van der Waals surface area contributed by atoms with Gasteiger partial charge in [0, 0.05) is 41.9 Å². The van der Waals surface area contributed by atoms with Gasteiger partial charge in [0.15, 0.2) is 0 Å². The van der Waals surface area contributed by atoms with E-state index in [1.54, 1.807) is 39.8 Å². The van der Waals surface area contributed by atoms with Gasteiger partial charge < -0.3 is 0 Å². The monoisotopic (exact) mass is 580 g/mol. The summed E-state index contributed by atoms with van der Waals surface area (Å²) < 4.78 is 27.7. The van der Waals surface area contributed by atoms with Gasteiger partial charge in [0.25, 0.3) is 5.91 Å². The van der Waals surface area contributed by atoms with E-state index in [1.165, 1.54) is 19.6 Å². The lowest BCUT2D eigenvalue weighted by molar-refractivity contribution is -0.135. The van der Waals surface area contributed by atoms with Gasteiger partial charge in [-0.3, -0.25) is 9.69 Å². The molecule has 39 heavy (non-hydrogen) atoms. The van der Waals surface area contributed by atoms with Crippen molar-refractivity contribution in [1.82, 2.24) is 14.2 Å². The molecule has 2 fully saturated rings. The predicted molar refractivity (Wildman–Crippen MR) is 157 cm³/mol. The molecule has 2 atom stereocenters. The Labute approximate surface area is 238 Å². The van der Waals surface area contributed by atoms with Crippen LogP contribution in [0.2, 0.25) is 0 Å². The number of rotatable bonds is 6. The molecule has 1 aliphatic carbocycles. The van der Waals surface area contributed by atoms with Gasteiger partial charge in [-0.15, -0.1) is 22.7 Å². The molecule has 2 aromatic heterocycles. The third kappa shape index (κ3) is 5.40. The second-order valence-electron chi connectivity index (χ2n) is 10.4. The second-order valence-corrected chi connectivity index (χ2v) is 14.3. The maximum absolute atomic E-state index is 13.8. The minimum atomic E-state index is -3.54. The SMILES string of the molecule is Cc1ccc(S(=O)(=O)N2CCN(CC(=O)N3N=C4C(=Cc5cccs5)CCCC4C3c3cccs3)CC2)cc1. The molecule has 10 heteroatoms. The quantitative estimate of drug-likeness (QED) is 0.399. The average Bonchev–Trinajstić information content (AvgIpc) is 3.71. The van der Waals surface area contributed by atoms with Crippen LogP contribution in [-0.2, 0) is 14.8 Å². The maximum Gasteiger partial charge on any atom is 0.257 e. The molecular formula is C29H32N4O3S3. The summed E-state index contributed by atoms with van der Waals surface area (Å²) in [6.45, 7) is 3.92. The van der Waals surface area contributed by atoms with E-state index in [4.69, 9.17) is 5.10 Å². The van der Waals surface area contributed by atoms with E-state index in [0.29, 0.717) is 31.1 Å². The molecule has 0 bridgehead atoms. The van der Waals surface area contributed by atoms with Crippen LogP contribution in [0.15, 0.2) is 74.9 Å². The Morgan fingerprint density at radius 1 is 1.03 bits per heavy atom. The number of carbonyl (C=O) groups excluding carboxylic acids is 1. The number of benzene rings is 1. The largest absolute Gasteiger partial charge is 0.292 e. The Kier molecular flexibility index (Phi) is 7.56. The lowest BCUT2D eigenvalue weighted by Gasteiger charge is -2.35. The lowest BCUT2D eigenvalue weighted by Crippen LogP contribution is -2.51. The van der Waals surface area contributed by atoms with Crippen molar-refractivity contribution < 1.29 is 13.2 Å². The standard InChI is InChI=1S/C29H32N4O3S3/c1-21-9-11-24(12-10-21)39(35,36)32-15-13-31(14-16-32)20-27(34)33-29(26-8-4-18-38-26)25-7-2-5-22(28(25)30-33)19-23-6-3-17-37-23/h3-4,6,8-12,17-19,25,29H,2,5,7,13-16,20H2,1H3. The molecule has 2 unspecified atom stereocenters. The zero-order chi connectivity index (χ0) is 27.0. The van der Waals surface area contributed by atoms with Gasteiger partial charge in [0.05, 0.1) is 23.2 Å². The first-order valence-electron chi connectivity index (χ1n) is 13.4. The minimum absolute atomic E-state index is 0.0272. The number of hydrogen-bond acceptors (Lipinski definition) is 7. The topological polar surface area (TPSA) is 73.3 Å². The highest BCUT2D eigenvalue weighted by Crippen LogP contribution is 2.45. The molecule has 204 valence electrons. The third-order valence-corrected chi connectivity index (χ3v) is 11.5. The summed E-state index contributed by atoms with van der Waals surface area (Å²) in [4.78, 5) is 18.5. The number of fused-ring (bicyclic) bond motifs is 1. The fraction of sp³-hybridized carbons (Fsp3) is 0.379. The smallest absolute Gasteiger partial charge is 0.257 e. The van der Waals surface area contributed by atoms with Gasteiger partial charge >= 0.3 is 0 Å². The fourth-order valence-electron chi connectivity index (χ4n) is 5.74. The van der Waals surface area contributed by atoms with Crippen LogP contribution in [0.25, 0.3) is 6.08 Å². The number of piperazine rings is 1. The number of allylic oxidation sites excluding steroid dienone is 1. The van der Waals surface area contributed by atoms with E-state index < -0.39 is 10.0 Å². The number of hydrogen-bond donors (Lipinski definition) is 0. The molecular weight excluding hydrogens is 549 g/mol. The molecule has 1 saturated carbocycles. The molecule has 0 N–H and O–H groups in total. The fourth-order valence-corrected chi connectivity index (χ4v) is 8.72. The molecule has 7 nitrogen and oxygen atoms in total. The molecule has 4 heterocycles. The summed E-state index contributed by atoms with van der Waals surface area (Å²) in [7, 11) is -3.54. The van der Waals surface area contributed by atoms with Crippen LogP contribution in [0.3, 0.4) is 0 Å². The van der Waals surface area contributed by atoms with Gasteiger partial charge in [-0.2, -0.15) is 9.41 Å². The second kappa shape index (κ2) is 11.1. The van der Waals surface area contributed by atoms with Crippen molar-refractivity contribution >= 4 is 50.4 Å². The molecule has 3 aliphatic rings. The van der Waals surface area contributed by atoms with E-state index in [9.17, 15) is 13.2 Å². The van der Waals surface area contributed by atoms with Crippen LogP contribution >= 0.6 is 22.7 Å². The van der Waals surface area contributed by atoms with Crippen LogP contribution in [0.4, 0.5) is 0 Å². The Hall–Kier alpha value is -2.63. The first-order chi connectivity index (χ1) is 18.9. The number of hydrazone groups is 1. The number of sulfonamides is 1.